The van der Waals surface area contributed by atoms with Gasteiger partial charge in [-0.25, -0.2) is 9.59 Å². The molecule has 1 aliphatic heterocycles. The van der Waals surface area contributed by atoms with Crippen LogP contribution in [0.2, 0.25) is 0 Å². The Kier molecular flexibility index (Phi) is 11.0. The quantitative estimate of drug-likeness (QED) is 0.499. The molecular formula is C20H32O8. The van der Waals surface area contributed by atoms with Crippen molar-refractivity contribution in [3.8, 4) is 0 Å². The fraction of sp³-hybridized carbons (Fsp3) is 0.700. The lowest BCUT2D eigenvalue weighted by Gasteiger charge is -2.20. The van der Waals surface area contributed by atoms with Crippen molar-refractivity contribution in [2.45, 2.75) is 89.0 Å². The highest BCUT2D eigenvalue weighted by molar-refractivity contribution is 5.82. The molecule has 4 N–H and O–H groups in total. The van der Waals surface area contributed by atoms with Crippen molar-refractivity contribution in [2.24, 2.45) is 0 Å². The number of carbonyl (C=O) groups excluding carboxylic acids is 2. The van der Waals surface area contributed by atoms with E-state index >= 15 is 0 Å². The van der Waals surface area contributed by atoms with Crippen molar-refractivity contribution >= 4 is 11.9 Å². The molecular weight excluding hydrogens is 368 g/mol. The first-order chi connectivity index (χ1) is 13.2. The van der Waals surface area contributed by atoms with E-state index in [1.165, 1.54) is 12.2 Å². The van der Waals surface area contributed by atoms with Gasteiger partial charge in [0.05, 0.1) is 24.4 Å². The van der Waals surface area contributed by atoms with Crippen molar-refractivity contribution in [1.29, 1.82) is 0 Å². The maximum Gasteiger partial charge on any atom is 0.330 e. The fourth-order valence-corrected chi connectivity index (χ4v) is 2.89. The Morgan fingerprint density at radius 2 is 1.50 bits per heavy atom. The number of rotatable bonds is 2. The third-order valence-corrected chi connectivity index (χ3v) is 4.30. The lowest BCUT2D eigenvalue weighted by molar-refractivity contribution is -0.145. The summed E-state index contributed by atoms with van der Waals surface area (Å²) in [4.78, 5) is 23.7. The molecule has 6 atom stereocenters. The van der Waals surface area contributed by atoms with Gasteiger partial charge in [0.25, 0.3) is 0 Å². The van der Waals surface area contributed by atoms with E-state index in [1.807, 2.05) is 0 Å². The van der Waals surface area contributed by atoms with Crippen LogP contribution in [0.1, 0.15) is 52.4 Å². The Morgan fingerprint density at radius 1 is 0.964 bits per heavy atom. The maximum atomic E-state index is 12.0. The summed E-state index contributed by atoms with van der Waals surface area (Å²) in [6.45, 7) is 3.22. The number of cyclic esters (lactones) is 2. The number of aliphatic hydroxyl groups is 4. The third-order valence-electron chi connectivity index (χ3n) is 4.30. The lowest BCUT2D eigenvalue weighted by Crippen LogP contribution is -2.24. The van der Waals surface area contributed by atoms with Crippen LogP contribution in [0.25, 0.3) is 0 Å². The molecule has 0 unspecified atom stereocenters. The Labute approximate surface area is 165 Å². The van der Waals surface area contributed by atoms with E-state index in [4.69, 9.17) is 9.47 Å². The molecule has 8 nitrogen and oxygen atoms in total. The fourth-order valence-electron chi connectivity index (χ4n) is 2.89. The minimum absolute atomic E-state index is 0.199. The van der Waals surface area contributed by atoms with Gasteiger partial charge in [-0.1, -0.05) is 0 Å². The Bertz CT molecular complexity index is 542. The van der Waals surface area contributed by atoms with Gasteiger partial charge in [-0.05, 0) is 51.7 Å². The van der Waals surface area contributed by atoms with Gasteiger partial charge in [-0.15, -0.1) is 0 Å². The molecule has 0 bridgehead atoms. The standard InChI is InChI=1S/C20H32O8/c1-13(21)11-18-8-5-16(23)6-9-19(25)27-14(2)12-17(24)4-3-15(22)7-10-20(26)28-18/h6-7,9-10,13-18,21-24H,3-5,8,11-12H2,1-2H3/t13-,14-,15+,16+,17+,18-/m0/s1. The first-order valence-electron chi connectivity index (χ1n) is 9.65. The number of hydrogen-bond acceptors (Lipinski definition) is 8. The second-order valence-electron chi connectivity index (χ2n) is 7.29. The smallest absolute Gasteiger partial charge is 0.330 e. The third kappa shape index (κ3) is 11.2. The summed E-state index contributed by atoms with van der Waals surface area (Å²) in [5.74, 6) is -1.29. The predicted octanol–water partition coefficient (Wildman–Crippen LogP) is 0.760. The minimum Gasteiger partial charge on any atom is -0.459 e. The second-order valence-corrected chi connectivity index (χ2v) is 7.29. The van der Waals surface area contributed by atoms with Crippen molar-refractivity contribution in [3.05, 3.63) is 24.3 Å². The molecule has 0 amide bonds. The van der Waals surface area contributed by atoms with Gasteiger partial charge in [0.1, 0.15) is 12.2 Å². The topological polar surface area (TPSA) is 134 Å². The van der Waals surface area contributed by atoms with Gasteiger partial charge >= 0.3 is 11.9 Å². The van der Waals surface area contributed by atoms with Crippen molar-refractivity contribution in [1.82, 2.24) is 0 Å². The average Bonchev–Trinajstić information content (AvgIpc) is 2.59. The van der Waals surface area contributed by atoms with Crippen LogP contribution in [0.15, 0.2) is 24.3 Å². The van der Waals surface area contributed by atoms with Gasteiger partial charge in [-0.3, -0.25) is 0 Å². The van der Waals surface area contributed by atoms with E-state index in [2.05, 4.69) is 0 Å². The van der Waals surface area contributed by atoms with Crippen LogP contribution >= 0.6 is 0 Å². The molecule has 0 saturated carbocycles. The van der Waals surface area contributed by atoms with Crippen LogP contribution in [0.4, 0.5) is 0 Å². The summed E-state index contributed by atoms with van der Waals surface area (Å²) in [7, 11) is 0. The molecule has 1 aliphatic rings. The molecule has 160 valence electrons. The van der Waals surface area contributed by atoms with Crippen LogP contribution in [-0.4, -0.2) is 69.0 Å². The summed E-state index contributed by atoms with van der Waals surface area (Å²) >= 11 is 0. The number of aliphatic hydroxyl groups excluding tert-OH is 4. The van der Waals surface area contributed by atoms with E-state index in [-0.39, 0.29) is 38.5 Å². The summed E-state index contributed by atoms with van der Waals surface area (Å²) in [5, 5.41) is 39.5. The average molecular weight is 400 g/mol. The Balaban J connectivity index is 2.84. The normalized spacial score (nSPS) is 32.7. The van der Waals surface area contributed by atoms with Crippen molar-refractivity contribution in [2.75, 3.05) is 0 Å². The number of carbonyl (C=O) groups is 2. The highest BCUT2D eigenvalue weighted by Crippen LogP contribution is 2.15. The van der Waals surface area contributed by atoms with E-state index < -0.39 is 48.6 Å². The summed E-state index contributed by atoms with van der Waals surface area (Å²) in [6.07, 6.45) is 1.75. The number of hydrogen-bond donors (Lipinski definition) is 4. The second kappa shape index (κ2) is 12.7. The van der Waals surface area contributed by atoms with Crippen LogP contribution < -0.4 is 0 Å². The molecule has 1 rings (SSSR count). The molecule has 0 aromatic heterocycles. The van der Waals surface area contributed by atoms with E-state index in [1.54, 1.807) is 13.8 Å². The Morgan fingerprint density at radius 3 is 2.07 bits per heavy atom. The van der Waals surface area contributed by atoms with Gasteiger partial charge in [0, 0.05) is 25.0 Å². The molecule has 0 aliphatic carbocycles. The molecule has 0 radical (unpaired) electrons. The van der Waals surface area contributed by atoms with E-state index in [0.29, 0.717) is 0 Å². The summed E-state index contributed by atoms with van der Waals surface area (Å²) in [5.41, 5.74) is 0. The molecule has 0 spiro atoms. The lowest BCUT2D eigenvalue weighted by atomic mass is 10.0. The SMILES string of the molecule is C[C@H](O)C[C@@H]1CC[C@@H](O)C=CC(=O)O[C@@H](C)C[C@H](O)CC[C@@H](O)C=CC(=O)O1. The number of esters is 2. The molecule has 8 heteroatoms. The first-order valence-corrected chi connectivity index (χ1v) is 9.65. The molecule has 0 fully saturated rings. The zero-order valence-electron chi connectivity index (χ0n) is 16.4. The zero-order valence-corrected chi connectivity index (χ0v) is 16.4. The number of ether oxygens (including phenoxy) is 2. The van der Waals surface area contributed by atoms with Crippen LogP contribution in [0, 0.1) is 0 Å². The molecule has 0 saturated heterocycles. The summed E-state index contributed by atoms with van der Waals surface area (Å²) < 4.78 is 10.4. The largest absolute Gasteiger partial charge is 0.459 e. The van der Waals surface area contributed by atoms with Crippen molar-refractivity contribution < 1.29 is 39.5 Å². The highest BCUT2D eigenvalue weighted by atomic mass is 16.5. The minimum atomic E-state index is -0.945. The predicted molar refractivity (Wildman–Crippen MR) is 101 cm³/mol. The maximum absolute atomic E-state index is 12.0. The molecule has 0 aromatic carbocycles. The van der Waals surface area contributed by atoms with Crippen LogP contribution in [0.5, 0.6) is 0 Å². The van der Waals surface area contributed by atoms with Gasteiger partial charge in [-0.2, -0.15) is 0 Å². The monoisotopic (exact) mass is 400 g/mol. The van der Waals surface area contributed by atoms with E-state index in [0.717, 1.165) is 12.2 Å². The van der Waals surface area contributed by atoms with Gasteiger partial charge in [0.15, 0.2) is 0 Å². The molecule has 1 heterocycles. The summed E-state index contributed by atoms with van der Waals surface area (Å²) in [6, 6.07) is 0. The highest BCUT2D eigenvalue weighted by Gasteiger charge is 2.19. The van der Waals surface area contributed by atoms with Gasteiger partial charge in [0.2, 0.25) is 0 Å². The van der Waals surface area contributed by atoms with E-state index in [9.17, 15) is 30.0 Å². The van der Waals surface area contributed by atoms with Gasteiger partial charge < -0.3 is 29.9 Å². The Hall–Kier alpha value is -1.74. The molecule has 0 aromatic rings. The van der Waals surface area contributed by atoms with Crippen LogP contribution in [0.3, 0.4) is 0 Å². The molecule has 28 heavy (non-hydrogen) atoms. The van der Waals surface area contributed by atoms with Crippen molar-refractivity contribution in [3.63, 3.8) is 0 Å². The van der Waals surface area contributed by atoms with Crippen LogP contribution in [-0.2, 0) is 19.1 Å². The zero-order chi connectivity index (χ0) is 21.1. The first kappa shape index (κ1) is 24.3.